The average molecular weight is 212 g/mol. The molecule has 0 aliphatic heterocycles. The number of hydrogen-bond acceptors (Lipinski definition) is 4. The van der Waals surface area contributed by atoms with Gasteiger partial charge in [0.15, 0.2) is 0 Å². The van der Waals surface area contributed by atoms with Crippen molar-refractivity contribution in [3.8, 4) is 0 Å². The maximum Gasteiger partial charge on any atom is 2.00 e. The van der Waals surface area contributed by atoms with E-state index in [-0.39, 0.29) is 77.9 Å². The van der Waals surface area contributed by atoms with E-state index in [0.29, 0.717) is 0 Å². The van der Waals surface area contributed by atoms with Gasteiger partial charge in [0.25, 0.3) is 0 Å². The summed E-state index contributed by atoms with van der Waals surface area (Å²) in [6, 6.07) is 0. The second kappa shape index (κ2) is 9.60. The Kier molecular flexibility index (Phi) is 26.9. The third-order valence-electron chi connectivity index (χ3n) is 0. The molecule has 0 aliphatic rings. The van der Waals surface area contributed by atoms with Gasteiger partial charge >= 0.3 is 77.9 Å². The van der Waals surface area contributed by atoms with Crippen LogP contribution in [0.1, 0.15) is 0 Å². The van der Waals surface area contributed by atoms with Crippen LogP contribution in [0.4, 0.5) is 0 Å². The summed E-state index contributed by atoms with van der Waals surface area (Å²) in [7, 11) is -5.61. The molecule has 0 heterocycles. The Bertz CT molecular complexity index is 31.5. The molecule has 8 heteroatoms. The van der Waals surface area contributed by atoms with Crippen LogP contribution in [0.5, 0.6) is 0 Å². The molecule has 0 aliphatic carbocycles. The normalized spacial score (nSPS) is 7.50. The molecule has 0 N–H and O–H groups in total. The summed E-state index contributed by atoms with van der Waals surface area (Å²) in [5.41, 5.74) is 0. The molecule has 0 bridgehead atoms. The van der Waals surface area contributed by atoms with Gasteiger partial charge in [-0.2, -0.15) is 0 Å². The van der Waals surface area contributed by atoms with Gasteiger partial charge < -0.3 is 28.2 Å². The SMILES string of the molecule is [Ca+2].[Fe+2].[Mg+2].[O-][Si]([O-])([O-])[O-]. The summed E-state index contributed by atoms with van der Waals surface area (Å²) in [5.74, 6) is 0. The first-order chi connectivity index (χ1) is 2.00. The number of rotatable bonds is 0. The van der Waals surface area contributed by atoms with E-state index in [9.17, 15) is 0 Å². The Hall–Kier alpha value is 2.60. The maximum atomic E-state index is 8.58. The first-order valence-corrected chi connectivity index (χ1v) is 2.45. The van der Waals surface area contributed by atoms with Crippen molar-refractivity contribution in [1.29, 1.82) is 0 Å². The van der Waals surface area contributed by atoms with Crippen LogP contribution in [-0.2, 0) is 17.1 Å². The van der Waals surface area contributed by atoms with Crippen molar-refractivity contribution < 1.29 is 36.3 Å². The fraction of sp³-hybridized carbons (Fsp3) is 0. The minimum absolute atomic E-state index is 0. The molecule has 0 atom stereocenters. The van der Waals surface area contributed by atoms with E-state index >= 15 is 0 Å². The van der Waals surface area contributed by atoms with E-state index in [2.05, 4.69) is 0 Å². The van der Waals surface area contributed by atoms with Crippen molar-refractivity contribution in [2.24, 2.45) is 0 Å². The third kappa shape index (κ3) is 73.4. The molecule has 0 aromatic rings. The van der Waals surface area contributed by atoms with Crippen molar-refractivity contribution >= 4 is 69.8 Å². The van der Waals surface area contributed by atoms with E-state index in [0.717, 1.165) is 0 Å². The molecule has 0 aromatic carbocycles. The predicted octanol–water partition coefficient (Wildman–Crippen LogP) is -5.90. The van der Waals surface area contributed by atoms with Crippen LogP contribution in [-0.4, -0.2) is 69.8 Å². The standard InChI is InChI=1S/Ca.Fe.Mg.O4Si/c;;;1-5(2,3)4/q3*+2;-4. The summed E-state index contributed by atoms with van der Waals surface area (Å²) in [6.07, 6.45) is 0. The summed E-state index contributed by atoms with van der Waals surface area (Å²) < 4.78 is 0. The van der Waals surface area contributed by atoms with Crippen molar-refractivity contribution in [1.82, 2.24) is 0 Å². The number of hydrogen-bond donors (Lipinski definition) is 0. The Morgan fingerprint density at radius 2 is 0.875 bits per heavy atom. The van der Waals surface area contributed by atoms with Gasteiger partial charge in [-0.25, -0.2) is 0 Å². The molecule has 8 heavy (non-hydrogen) atoms. The smallest absolute Gasteiger partial charge is 0.894 e. The van der Waals surface area contributed by atoms with E-state index in [1.54, 1.807) is 0 Å². The van der Waals surface area contributed by atoms with Gasteiger partial charge in [0.1, 0.15) is 0 Å². The molecule has 4 nitrogen and oxygen atoms in total. The second-order valence-corrected chi connectivity index (χ2v) is 1.50. The first kappa shape index (κ1) is 22.4. The van der Waals surface area contributed by atoms with E-state index in [1.807, 2.05) is 0 Å². The molecular weight excluding hydrogens is 212 g/mol. The van der Waals surface area contributed by atoms with Crippen LogP contribution in [0, 0.1) is 0 Å². The molecular formula is CaFeMgO4Si+2. The average Bonchev–Trinajstić information content (AvgIpc) is 0.722. The van der Waals surface area contributed by atoms with Crippen LogP contribution in [0.3, 0.4) is 0 Å². The van der Waals surface area contributed by atoms with Crippen molar-refractivity contribution in [3.63, 3.8) is 0 Å². The van der Waals surface area contributed by atoms with Gasteiger partial charge in [-0.15, -0.1) is 0 Å². The van der Waals surface area contributed by atoms with E-state index < -0.39 is 9.05 Å². The fourth-order valence-corrected chi connectivity index (χ4v) is 0. The fourth-order valence-electron chi connectivity index (χ4n) is 0. The molecule has 0 fully saturated rings. The molecule has 0 rings (SSSR count). The molecule has 0 saturated heterocycles. The second-order valence-electron chi connectivity index (χ2n) is 0.500. The summed E-state index contributed by atoms with van der Waals surface area (Å²) in [4.78, 5) is 34.3. The molecule has 0 saturated carbocycles. The molecule has 38 valence electrons. The molecule has 0 aromatic heterocycles. The van der Waals surface area contributed by atoms with Crippen LogP contribution < -0.4 is 19.2 Å². The minimum atomic E-state index is -5.61. The summed E-state index contributed by atoms with van der Waals surface area (Å²) in [6.45, 7) is 0. The van der Waals surface area contributed by atoms with Crippen LogP contribution >= 0.6 is 0 Å². The van der Waals surface area contributed by atoms with E-state index in [1.165, 1.54) is 0 Å². The summed E-state index contributed by atoms with van der Waals surface area (Å²) in [5, 5.41) is 0. The third-order valence-corrected chi connectivity index (χ3v) is 0. The topological polar surface area (TPSA) is 92.2 Å². The van der Waals surface area contributed by atoms with E-state index in [4.69, 9.17) is 19.2 Å². The zero-order chi connectivity index (χ0) is 4.50. The Morgan fingerprint density at radius 3 is 0.875 bits per heavy atom. The Balaban J connectivity index is -0.0000000267. The van der Waals surface area contributed by atoms with Gasteiger partial charge in [-0.1, -0.05) is 0 Å². The maximum absolute atomic E-state index is 8.58. The van der Waals surface area contributed by atoms with Gasteiger partial charge in [0, 0.05) is 0 Å². The van der Waals surface area contributed by atoms with Gasteiger partial charge in [-0.05, 0) is 0 Å². The molecule has 0 radical (unpaired) electrons. The molecule has 0 spiro atoms. The van der Waals surface area contributed by atoms with Gasteiger partial charge in [-0.3, -0.25) is 0 Å². The van der Waals surface area contributed by atoms with Crippen LogP contribution in [0.15, 0.2) is 0 Å². The van der Waals surface area contributed by atoms with Crippen molar-refractivity contribution in [3.05, 3.63) is 0 Å². The monoisotopic (exact) mass is 212 g/mol. The molecule has 0 amide bonds. The largest absolute Gasteiger partial charge is 2.00 e. The van der Waals surface area contributed by atoms with Crippen LogP contribution in [0.25, 0.3) is 0 Å². The zero-order valence-corrected chi connectivity index (χ0v) is 9.63. The van der Waals surface area contributed by atoms with Gasteiger partial charge in [0.05, 0.1) is 0 Å². The molecule has 0 unspecified atom stereocenters. The van der Waals surface area contributed by atoms with Crippen LogP contribution in [0.2, 0.25) is 0 Å². The van der Waals surface area contributed by atoms with Crippen molar-refractivity contribution in [2.45, 2.75) is 0 Å². The summed E-state index contributed by atoms with van der Waals surface area (Å²) >= 11 is 0. The Labute approximate surface area is 104 Å². The first-order valence-electron chi connectivity index (χ1n) is 0.816. The Morgan fingerprint density at radius 1 is 0.875 bits per heavy atom. The minimum Gasteiger partial charge on any atom is -0.894 e. The zero-order valence-electron chi connectivity index (χ0n) is 3.90. The quantitative estimate of drug-likeness (QED) is 0.374. The predicted molar refractivity (Wildman–Crippen MR) is 17.3 cm³/mol. The van der Waals surface area contributed by atoms with Gasteiger partial charge in [0.2, 0.25) is 0 Å². The van der Waals surface area contributed by atoms with Crippen molar-refractivity contribution in [2.75, 3.05) is 0 Å².